The Kier molecular flexibility index (Phi) is 6.95. The van der Waals surface area contributed by atoms with E-state index in [1.807, 2.05) is 25.1 Å². The molecule has 0 saturated carbocycles. The van der Waals surface area contributed by atoms with Gasteiger partial charge in [0.2, 0.25) is 0 Å². The number of hydrogen-bond acceptors (Lipinski definition) is 6. The maximum atomic E-state index is 12.5. The number of carbonyl (C=O) groups excluding carboxylic acids is 2. The monoisotopic (exact) mass is 435 g/mol. The Morgan fingerprint density at radius 3 is 2.44 bits per heavy atom. The van der Waals surface area contributed by atoms with Crippen LogP contribution in [-0.2, 0) is 6.42 Å². The fraction of sp³-hybridized carbons (Fsp3) is 0.304. The van der Waals surface area contributed by atoms with Crippen LogP contribution in [0.1, 0.15) is 34.0 Å². The molecule has 166 valence electrons. The molecule has 2 aromatic carbocycles. The number of hydrogen-bond donors (Lipinski definition) is 2. The minimum atomic E-state index is -0.340. The van der Waals surface area contributed by atoms with Crippen LogP contribution in [0.2, 0.25) is 0 Å². The van der Waals surface area contributed by atoms with Gasteiger partial charge < -0.3 is 20.1 Å². The van der Waals surface area contributed by atoms with Gasteiger partial charge in [0.25, 0.3) is 5.91 Å². The van der Waals surface area contributed by atoms with Gasteiger partial charge in [0.05, 0.1) is 32.0 Å². The van der Waals surface area contributed by atoms with Gasteiger partial charge in [-0.15, -0.1) is 0 Å². The third kappa shape index (κ3) is 4.49. The van der Waals surface area contributed by atoms with Crippen molar-refractivity contribution in [2.45, 2.75) is 19.4 Å². The van der Waals surface area contributed by atoms with Crippen molar-refractivity contribution in [1.29, 1.82) is 5.26 Å². The summed E-state index contributed by atoms with van der Waals surface area (Å²) in [4.78, 5) is 24.7. The number of amides is 3. The van der Waals surface area contributed by atoms with Crippen LogP contribution in [0.4, 0.5) is 4.79 Å². The molecule has 2 N–H and O–H groups in total. The van der Waals surface area contributed by atoms with Gasteiger partial charge in [-0.3, -0.25) is 4.79 Å². The Hall–Kier alpha value is -4.06. The van der Waals surface area contributed by atoms with Crippen LogP contribution in [0.3, 0.4) is 0 Å². The molecule has 9 heteroatoms. The van der Waals surface area contributed by atoms with Crippen LogP contribution in [0.25, 0.3) is 0 Å². The zero-order valence-corrected chi connectivity index (χ0v) is 18.4. The van der Waals surface area contributed by atoms with E-state index in [-0.39, 0.29) is 24.5 Å². The van der Waals surface area contributed by atoms with Crippen LogP contribution in [-0.4, -0.2) is 56.5 Å². The Labute approximate surface area is 186 Å². The molecule has 1 unspecified atom stereocenters. The molecule has 0 saturated heterocycles. The SMILES string of the molecule is CNC(=O)N1N=C(c2ccc(C(=O)NCC#N)cc2)c2cc(OC)c(OC)cc2CC1C. The molecule has 0 spiro atoms. The summed E-state index contributed by atoms with van der Waals surface area (Å²) in [6.45, 7) is 1.85. The number of rotatable bonds is 5. The van der Waals surface area contributed by atoms with Crippen molar-refractivity contribution >= 4 is 17.6 Å². The zero-order chi connectivity index (χ0) is 23.3. The molecule has 1 aliphatic rings. The molecule has 2 aromatic rings. The molecule has 0 aliphatic carbocycles. The van der Waals surface area contributed by atoms with E-state index in [1.54, 1.807) is 45.5 Å². The van der Waals surface area contributed by atoms with Crippen molar-refractivity contribution in [2.24, 2.45) is 5.10 Å². The number of ether oxygens (including phenoxy) is 2. The van der Waals surface area contributed by atoms with Gasteiger partial charge in [-0.25, -0.2) is 9.80 Å². The lowest BCUT2D eigenvalue weighted by atomic mass is 9.93. The van der Waals surface area contributed by atoms with Crippen LogP contribution in [0, 0.1) is 11.3 Å². The molecular formula is C23H25N5O4. The summed E-state index contributed by atoms with van der Waals surface area (Å²) in [6.07, 6.45) is 0.560. The molecule has 1 atom stereocenters. The number of methoxy groups -OCH3 is 2. The first-order valence-electron chi connectivity index (χ1n) is 10.0. The average molecular weight is 435 g/mol. The fourth-order valence-corrected chi connectivity index (χ4v) is 3.55. The lowest BCUT2D eigenvalue weighted by molar-refractivity contribution is 0.0958. The number of carbonyl (C=O) groups is 2. The second-order valence-corrected chi connectivity index (χ2v) is 7.18. The summed E-state index contributed by atoms with van der Waals surface area (Å²) in [5, 5.41) is 19.9. The Balaban J connectivity index is 2.13. The summed E-state index contributed by atoms with van der Waals surface area (Å²) in [6, 6.07) is 11.9. The highest BCUT2D eigenvalue weighted by atomic mass is 16.5. The van der Waals surface area contributed by atoms with Gasteiger partial charge in [0, 0.05) is 23.7 Å². The molecule has 1 aliphatic heterocycles. The summed E-state index contributed by atoms with van der Waals surface area (Å²) < 4.78 is 10.9. The molecule has 3 amide bonds. The summed E-state index contributed by atoms with van der Waals surface area (Å²) >= 11 is 0. The summed E-state index contributed by atoms with van der Waals surface area (Å²) in [7, 11) is 4.70. The predicted octanol–water partition coefficient (Wildman–Crippen LogP) is 2.30. The number of urea groups is 1. The highest BCUT2D eigenvalue weighted by Crippen LogP contribution is 2.34. The van der Waals surface area contributed by atoms with E-state index in [9.17, 15) is 9.59 Å². The van der Waals surface area contributed by atoms with Crippen molar-refractivity contribution < 1.29 is 19.1 Å². The van der Waals surface area contributed by atoms with Crippen LogP contribution in [0.5, 0.6) is 11.5 Å². The molecule has 32 heavy (non-hydrogen) atoms. The third-order valence-electron chi connectivity index (χ3n) is 5.18. The number of hydrazone groups is 1. The highest BCUT2D eigenvalue weighted by molar-refractivity contribution is 6.15. The average Bonchev–Trinajstić information content (AvgIpc) is 2.96. The standard InChI is InChI=1S/C23H25N5O4/c1-14-11-17-12-19(31-3)20(32-4)13-18(17)21(27-28(14)23(30)25-2)15-5-7-16(8-6-15)22(29)26-10-9-24/h5-8,12-14H,10-11H2,1-4H3,(H,25,30)(H,26,29). The van der Waals surface area contributed by atoms with E-state index in [4.69, 9.17) is 19.8 Å². The highest BCUT2D eigenvalue weighted by Gasteiger charge is 2.28. The lowest BCUT2D eigenvalue weighted by Gasteiger charge is -2.22. The molecule has 3 rings (SSSR count). The molecular weight excluding hydrogens is 410 g/mol. The van der Waals surface area contributed by atoms with Gasteiger partial charge in [0.1, 0.15) is 6.54 Å². The zero-order valence-electron chi connectivity index (χ0n) is 18.4. The van der Waals surface area contributed by atoms with E-state index in [0.29, 0.717) is 29.2 Å². The molecule has 0 aromatic heterocycles. The number of nitrogens with one attached hydrogen (secondary N) is 2. The smallest absolute Gasteiger partial charge is 0.337 e. The second-order valence-electron chi connectivity index (χ2n) is 7.18. The topological polar surface area (TPSA) is 116 Å². The van der Waals surface area contributed by atoms with Crippen molar-refractivity contribution in [3.63, 3.8) is 0 Å². The van der Waals surface area contributed by atoms with Crippen LogP contribution in [0.15, 0.2) is 41.5 Å². The number of fused-ring (bicyclic) bond motifs is 1. The minimum Gasteiger partial charge on any atom is -0.493 e. The third-order valence-corrected chi connectivity index (χ3v) is 5.18. The van der Waals surface area contributed by atoms with Crippen LogP contribution < -0.4 is 20.1 Å². The molecule has 0 bridgehead atoms. The van der Waals surface area contributed by atoms with Gasteiger partial charge >= 0.3 is 6.03 Å². The number of nitriles is 1. The Bertz CT molecular complexity index is 1090. The van der Waals surface area contributed by atoms with Gasteiger partial charge in [-0.05, 0) is 43.2 Å². The van der Waals surface area contributed by atoms with Crippen molar-refractivity contribution in [3.05, 3.63) is 58.7 Å². The van der Waals surface area contributed by atoms with Crippen molar-refractivity contribution in [1.82, 2.24) is 15.6 Å². The largest absolute Gasteiger partial charge is 0.493 e. The van der Waals surface area contributed by atoms with E-state index < -0.39 is 0 Å². The van der Waals surface area contributed by atoms with Gasteiger partial charge in [0.15, 0.2) is 11.5 Å². The maximum absolute atomic E-state index is 12.5. The fourth-order valence-electron chi connectivity index (χ4n) is 3.55. The van der Waals surface area contributed by atoms with E-state index >= 15 is 0 Å². The normalized spacial score (nSPS) is 14.9. The first kappa shape index (κ1) is 22.6. The second kappa shape index (κ2) is 9.83. The van der Waals surface area contributed by atoms with Gasteiger partial charge in [-0.1, -0.05) is 12.1 Å². The minimum absolute atomic E-state index is 0.0682. The maximum Gasteiger partial charge on any atom is 0.337 e. The predicted molar refractivity (Wildman–Crippen MR) is 119 cm³/mol. The van der Waals surface area contributed by atoms with Crippen molar-refractivity contribution in [3.8, 4) is 17.6 Å². The molecule has 0 fully saturated rings. The van der Waals surface area contributed by atoms with E-state index in [2.05, 4.69) is 10.6 Å². The molecule has 1 heterocycles. The Morgan fingerprint density at radius 1 is 1.19 bits per heavy atom. The van der Waals surface area contributed by atoms with Gasteiger partial charge in [-0.2, -0.15) is 10.4 Å². The quantitative estimate of drug-likeness (QED) is 0.699. The lowest BCUT2D eigenvalue weighted by Crippen LogP contribution is -2.41. The first-order valence-corrected chi connectivity index (χ1v) is 10.0. The van der Waals surface area contributed by atoms with Crippen molar-refractivity contribution in [2.75, 3.05) is 27.8 Å². The molecule has 9 nitrogen and oxygen atoms in total. The van der Waals surface area contributed by atoms with E-state index in [0.717, 1.165) is 16.7 Å². The summed E-state index contributed by atoms with van der Waals surface area (Å²) in [5.74, 6) is 0.802. The van der Waals surface area contributed by atoms with E-state index in [1.165, 1.54) is 5.01 Å². The summed E-state index contributed by atoms with van der Waals surface area (Å²) in [5.41, 5.74) is 3.47. The Morgan fingerprint density at radius 2 is 1.84 bits per heavy atom. The number of benzene rings is 2. The molecule has 0 radical (unpaired) electrons. The first-order chi connectivity index (χ1) is 15.4. The number of nitrogens with zero attached hydrogens (tertiary/aromatic N) is 3. The van der Waals surface area contributed by atoms with Crippen LogP contribution >= 0.6 is 0 Å².